The smallest absolute Gasteiger partial charge is 0.235 e. The molecule has 1 unspecified atom stereocenters. The van der Waals surface area contributed by atoms with Crippen LogP contribution in [0.1, 0.15) is 27.7 Å². The van der Waals surface area contributed by atoms with Gasteiger partial charge in [-0.15, -0.1) is 6.42 Å². The maximum absolute atomic E-state index is 11.5. The highest BCUT2D eigenvalue weighted by Crippen LogP contribution is 2.13. The summed E-state index contributed by atoms with van der Waals surface area (Å²) in [4.78, 5) is 11.3. The van der Waals surface area contributed by atoms with Crippen molar-refractivity contribution in [3.63, 3.8) is 0 Å². The predicted octanol–water partition coefficient (Wildman–Crippen LogP) is 1.93. The minimum atomic E-state index is -0.571. The molecule has 0 aromatic carbocycles. The summed E-state index contributed by atoms with van der Waals surface area (Å²) in [5.74, 6) is 2.71. The molecule has 13 heavy (non-hydrogen) atoms. The van der Waals surface area contributed by atoms with Crippen molar-refractivity contribution >= 4 is 21.8 Å². The van der Waals surface area contributed by atoms with Gasteiger partial charge < -0.3 is 5.32 Å². The Labute approximate surface area is 88.6 Å². The van der Waals surface area contributed by atoms with Crippen LogP contribution in [-0.2, 0) is 4.79 Å². The average molecular weight is 246 g/mol. The van der Waals surface area contributed by atoms with E-state index in [4.69, 9.17) is 6.42 Å². The summed E-state index contributed by atoms with van der Waals surface area (Å²) in [5.41, 5.74) is -0.571. The van der Waals surface area contributed by atoms with Crippen LogP contribution in [-0.4, -0.2) is 16.3 Å². The van der Waals surface area contributed by atoms with Crippen molar-refractivity contribution in [2.45, 2.75) is 38.1 Å². The van der Waals surface area contributed by atoms with Crippen LogP contribution in [0, 0.1) is 18.3 Å². The first-order valence-electron chi connectivity index (χ1n) is 4.24. The molecule has 1 atom stereocenters. The van der Waals surface area contributed by atoms with Gasteiger partial charge in [0.25, 0.3) is 0 Å². The molecule has 0 fully saturated rings. The molecule has 3 heteroatoms. The Balaban J connectivity index is 4.26. The third-order valence-corrected chi connectivity index (χ3v) is 3.11. The molecule has 0 aliphatic rings. The monoisotopic (exact) mass is 245 g/mol. The number of rotatable bonds is 3. The van der Waals surface area contributed by atoms with Crippen LogP contribution < -0.4 is 5.32 Å². The first kappa shape index (κ1) is 12.5. The first-order chi connectivity index (χ1) is 5.80. The topological polar surface area (TPSA) is 29.1 Å². The van der Waals surface area contributed by atoms with Crippen molar-refractivity contribution in [2.24, 2.45) is 5.92 Å². The van der Waals surface area contributed by atoms with E-state index in [-0.39, 0.29) is 16.7 Å². The standard InChI is InChI=1S/C10H16BrNO/c1-6-10(4,5)12-9(13)8(11)7(2)3/h1,7-8H,2-5H3,(H,12,13). The first-order valence-corrected chi connectivity index (χ1v) is 5.15. The van der Waals surface area contributed by atoms with Gasteiger partial charge in [-0.2, -0.15) is 0 Å². The lowest BCUT2D eigenvalue weighted by Crippen LogP contribution is -2.46. The van der Waals surface area contributed by atoms with Crippen molar-refractivity contribution in [3.8, 4) is 12.3 Å². The van der Waals surface area contributed by atoms with Gasteiger partial charge in [0, 0.05) is 0 Å². The summed E-state index contributed by atoms with van der Waals surface area (Å²) >= 11 is 3.31. The Morgan fingerprint density at radius 1 is 1.54 bits per heavy atom. The summed E-state index contributed by atoms with van der Waals surface area (Å²) in [5, 5.41) is 2.77. The molecule has 0 radical (unpaired) electrons. The number of alkyl halides is 1. The SMILES string of the molecule is C#CC(C)(C)NC(=O)C(Br)C(C)C. The van der Waals surface area contributed by atoms with E-state index < -0.39 is 5.54 Å². The van der Waals surface area contributed by atoms with Gasteiger partial charge in [0.05, 0.1) is 10.4 Å². The molecule has 0 spiro atoms. The summed E-state index contributed by atoms with van der Waals surface area (Å²) in [6, 6.07) is 0. The van der Waals surface area contributed by atoms with Crippen molar-refractivity contribution in [1.29, 1.82) is 0 Å². The lowest BCUT2D eigenvalue weighted by atomic mass is 10.1. The van der Waals surface area contributed by atoms with Gasteiger partial charge in [-0.3, -0.25) is 4.79 Å². The van der Waals surface area contributed by atoms with E-state index in [0.29, 0.717) is 0 Å². The predicted molar refractivity (Wildman–Crippen MR) is 58.6 cm³/mol. The molecule has 0 aliphatic carbocycles. The van der Waals surface area contributed by atoms with Crippen LogP contribution in [0.3, 0.4) is 0 Å². The molecule has 0 heterocycles. The molecular weight excluding hydrogens is 230 g/mol. The highest BCUT2D eigenvalue weighted by atomic mass is 79.9. The Hall–Kier alpha value is -0.490. The molecule has 0 aromatic rings. The third kappa shape index (κ3) is 4.33. The number of hydrogen-bond acceptors (Lipinski definition) is 1. The highest BCUT2D eigenvalue weighted by molar-refractivity contribution is 9.10. The van der Waals surface area contributed by atoms with Crippen molar-refractivity contribution in [1.82, 2.24) is 5.32 Å². The minimum Gasteiger partial charge on any atom is -0.339 e. The molecule has 0 bridgehead atoms. The maximum Gasteiger partial charge on any atom is 0.235 e. The fraction of sp³-hybridized carbons (Fsp3) is 0.700. The quantitative estimate of drug-likeness (QED) is 0.598. The van der Waals surface area contributed by atoms with E-state index in [9.17, 15) is 4.79 Å². The number of nitrogens with one attached hydrogen (secondary N) is 1. The molecule has 0 saturated carbocycles. The van der Waals surface area contributed by atoms with Gasteiger partial charge in [0.15, 0.2) is 0 Å². The summed E-state index contributed by atoms with van der Waals surface area (Å²) in [6.45, 7) is 7.54. The zero-order valence-electron chi connectivity index (χ0n) is 8.52. The number of hydrogen-bond donors (Lipinski definition) is 1. The highest BCUT2D eigenvalue weighted by Gasteiger charge is 2.24. The molecule has 1 N–H and O–H groups in total. The second kappa shape index (κ2) is 4.66. The van der Waals surface area contributed by atoms with E-state index >= 15 is 0 Å². The van der Waals surface area contributed by atoms with Gasteiger partial charge in [-0.1, -0.05) is 35.7 Å². The van der Waals surface area contributed by atoms with Gasteiger partial charge in [-0.05, 0) is 19.8 Å². The number of terminal acetylenes is 1. The zero-order chi connectivity index (χ0) is 10.6. The molecular formula is C10H16BrNO. The van der Waals surface area contributed by atoms with Gasteiger partial charge >= 0.3 is 0 Å². The summed E-state index contributed by atoms with van der Waals surface area (Å²) < 4.78 is 0. The molecule has 2 nitrogen and oxygen atoms in total. The fourth-order valence-electron chi connectivity index (χ4n) is 0.716. The number of halogens is 1. The summed E-state index contributed by atoms with van der Waals surface area (Å²) in [7, 11) is 0. The average Bonchev–Trinajstić information content (AvgIpc) is 2.02. The van der Waals surface area contributed by atoms with Crippen LogP contribution in [0.4, 0.5) is 0 Å². The molecule has 0 aliphatic heterocycles. The Morgan fingerprint density at radius 2 is 2.00 bits per heavy atom. The van der Waals surface area contributed by atoms with E-state index in [1.54, 1.807) is 13.8 Å². The van der Waals surface area contributed by atoms with Gasteiger partial charge in [0.1, 0.15) is 0 Å². The zero-order valence-corrected chi connectivity index (χ0v) is 10.1. The third-order valence-electron chi connectivity index (χ3n) is 1.63. The minimum absolute atomic E-state index is 0.0575. The molecule has 0 saturated heterocycles. The van der Waals surface area contributed by atoms with Crippen molar-refractivity contribution in [2.75, 3.05) is 0 Å². The molecule has 1 amide bonds. The summed E-state index contributed by atoms with van der Waals surface area (Å²) in [6.07, 6.45) is 5.25. The molecule has 74 valence electrons. The van der Waals surface area contributed by atoms with Gasteiger partial charge in [-0.25, -0.2) is 0 Å². The van der Waals surface area contributed by atoms with Crippen LogP contribution in [0.2, 0.25) is 0 Å². The van der Waals surface area contributed by atoms with E-state index in [1.165, 1.54) is 0 Å². The Kier molecular flexibility index (Phi) is 4.49. The normalized spacial score (nSPS) is 13.6. The Bertz CT molecular complexity index is 228. The largest absolute Gasteiger partial charge is 0.339 e. The van der Waals surface area contributed by atoms with E-state index in [1.807, 2.05) is 13.8 Å². The van der Waals surface area contributed by atoms with Crippen molar-refractivity contribution in [3.05, 3.63) is 0 Å². The van der Waals surface area contributed by atoms with E-state index in [2.05, 4.69) is 27.2 Å². The second-order valence-corrected chi connectivity index (χ2v) is 4.89. The molecule has 0 rings (SSSR count). The number of carbonyl (C=O) groups is 1. The fourth-order valence-corrected chi connectivity index (χ4v) is 0.830. The number of amides is 1. The Morgan fingerprint density at radius 3 is 2.31 bits per heavy atom. The van der Waals surface area contributed by atoms with Gasteiger partial charge in [0.2, 0.25) is 5.91 Å². The van der Waals surface area contributed by atoms with Crippen LogP contribution in [0.25, 0.3) is 0 Å². The molecule has 0 aromatic heterocycles. The van der Waals surface area contributed by atoms with Crippen LogP contribution in [0.15, 0.2) is 0 Å². The van der Waals surface area contributed by atoms with Crippen LogP contribution >= 0.6 is 15.9 Å². The lowest BCUT2D eigenvalue weighted by Gasteiger charge is -2.22. The van der Waals surface area contributed by atoms with Crippen LogP contribution in [0.5, 0.6) is 0 Å². The second-order valence-electron chi connectivity index (χ2n) is 3.90. The number of carbonyl (C=O) groups excluding carboxylic acids is 1. The van der Waals surface area contributed by atoms with Crippen molar-refractivity contribution < 1.29 is 4.79 Å². The lowest BCUT2D eigenvalue weighted by molar-refractivity contribution is -0.122. The maximum atomic E-state index is 11.5. The van der Waals surface area contributed by atoms with E-state index in [0.717, 1.165) is 0 Å².